The summed E-state index contributed by atoms with van der Waals surface area (Å²) in [6.07, 6.45) is 1.48. The molecule has 1 saturated heterocycles. The van der Waals surface area contributed by atoms with E-state index in [-0.39, 0.29) is 36.6 Å². The number of amides is 3. The average Bonchev–Trinajstić information content (AvgIpc) is 2.70. The van der Waals surface area contributed by atoms with Gasteiger partial charge < -0.3 is 20.7 Å². The molecule has 1 aromatic rings. The van der Waals surface area contributed by atoms with Crippen molar-refractivity contribution in [2.24, 2.45) is 17.6 Å². The van der Waals surface area contributed by atoms with E-state index in [9.17, 15) is 19.2 Å². The third-order valence-electron chi connectivity index (χ3n) is 4.96. The largest absolute Gasteiger partial charge is 0.454 e. The number of nitrogens with one attached hydrogen (secondary N) is 1. The Morgan fingerprint density at radius 1 is 1.21 bits per heavy atom. The summed E-state index contributed by atoms with van der Waals surface area (Å²) in [7, 11) is 0. The molecule has 0 saturated carbocycles. The van der Waals surface area contributed by atoms with Crippen molar-refractivity contribution in [3.8, 4) is 0 Å². The van der Waals surface area contributed by atoms with Gasteiger partial charge in [0.05, 0.1) is 12.3 Å². The van der Waals surface area contributed by atoms with Crippen molar-refractivity contribution in [2.75, 3.05) is 19.7 Å². The molecule has 1 fully saturated rings. The molecule has 0 aliphatic carbocycles. The number of nitrogens with zero attached hydrogens (tertiary/aromatic N) is 1. The maximum Gasteiger partial charge on any atom is 0.329 e. The minimum atomic E-state index is -0.848. The van der Waals surface area contributed by atoms with Crippen LogP contribution in [0.3, 0.4) is 0 Å². The Morgan fingerprint density at radius 2 is 1.90 bits per heavy atom. The second kappa shape index (κ2) is 10.6. The maximum absolute atomic E-state index is 12.5. The van der Waals surface area contributed by atoms with Crippen molar-refractivity contribution in [2.45, 2.75) is 39.2 Å². The molecular formula is C21H29N3O5. The van der Waals surface area contributed by atoms with Gasteiger partial charge in [0.25, 0.3) is 5.91 Å². The monoisotopic (exact) mass is 403 g/mol. The molecule has 2 rings (SSSR count). The first-order valence-electron chi connectivity index (χ1n) is 9.85. The predicted octanol–water partition coefficient (Wildman–Crippen LogP) is 0.637. The summed E-state index contributed by atoms with van der Waals surface area (Å²) >= 11 is 0. The normalized spacial score (nSPS) is 17.5. The lowest BCUT2D eigenvalue weighted by atomic mass is 9.97. The molecule has 8 heteroatoms. The lowest BCUT2D eigenvalue weighted by molar-refractivity contribution is -0.156. The van der Waals surface area contributed by atoms with E-state index in [1.165, 1.54) is 4.90 Å². The van der Waals surface area contributed by atoms with E-state index in [4.69, 9.17) is 10.5 Å². The van der Waals surface area contributed by atoms with Gasteiger partial charge >= 0.3 is 5.97 Å². The number of rotatable bonds is 8. The number of hydrogen-bond acceptors (Lipinski definition) is 5. The fraction of sp³-hybridized carbons (Fsp3) is 0.524. The fourth-order valence-electron chi connectivity index (χ4n) is 3.25. The average molecular weight is 403 g/mol. The number of likely N-dealkylation sites (tertiary alicyclic amines) is 1. The molecule has 8 nitrogen and oxygen atoms in total. The van der Waals surface area contributed by atoms with Gasteiger partial charge in [0.2, 0.25) is 11.8 Å². The van der Waals surface area contributed by atoms with Crippen LogP contribution in [0.2, 0.25) is 0 Å². The zero-order valence-electron chi connectivity index (χ0n) is 16.9. The van der Waals surface area contributed by atoms with Gasteiger partial charge in [0, 0.05) is 13.1 Å². The first kappa shape index (κ1) is 22.4. The molecular weight excluding hydrogens is 374 g/mol. The van der Waals surface area contributed by atoms with Crippen molar-refractivity contribution in [1.29, 1.82) is 0 Å². The summed E-state index contributed by atoms with van der Waals surface area (Å²) in [4.78, 5) is 49.9. The first-order valence-corrected chi connectivity index (χ1v) is 9.85. The highest BCUT2D eigenvalue weighted by Gasteiger charge is 2.29. The van der Waals surface area contributed by atoms with E-state index in [0.717, 1.165) is 5.56 Å². The molecule has 158 valence electrons. The van der Waals surface area contributed by atoms with E-state index in [0.29, 0.717) is 19.4 Å². The number of carbonyl (C=O) groups excluding carboxylic acids is 4. The van der Waals surface area contributed by atoms with Crippen molar-refractivity contribution < 1.29 is 23.9 Å². The van der Waals surface area contributed by atoms with E-state index in [1.807, 2.05) is 30.3 Å². The minimum Gasteiger partial charge on any atom is -0.454 e. The number of benzene rings is 1. The smallest absolute Gasteiger partial charge is 0.329 e. The zero-order valence-corrected chi connectivity index (χ0v) is 16.9. The number of esters is 1. The van der Waals surface area contributed by atoms with Crippen LogP contribution in [-0.2, 0) is 30.3 Å². The molecule has 1 aromatic carbocycles. The van der Waals surface area contributed by atoms with Crippen LogP contribution >= 0.6 is 0 Å². The summed E-state index contributed by atoms with van der Waals surface area (Å²) < 4.78 is 5.17. The molecule has 0 aromatic heterocycles. The SMILES string of the molecule is CC(C)[C@H](NC(=O)Cc1ccccc1)C(=O)OCC(=O)N1CCC[C@H](C(N)=O)C1. The molecule has 0 bridgehead atoms. The van der Waals surface area contributed by atoms with E-state index < -0.39 is 24.5 Å². The van der Waals surface area contributed by atoms with E-state index >= 15 is 0 Å². The van der Waals surface area contributed by atoms with Crippen molar-refractivity contribution in [1.82, 2.24) is 10.2 Å². The Kier molecular flexibility index (Phi) is 8.18. The van der Waals surface area contributed by atoms with Crippen molar-refractivity contribution >= 4 is 23.7 Å². The van der Waals surface area contributed by atoms with Gasteiger partial charge in [-0.15, -0.1) is 0 Å². The van der Waals surface area contributed by atoms with Gasteiger partial charge in [-0.25, -0.2) is 4.79 Å². The number of ether oxygens (including phenoxy) is 1. The second-order valence-electron chi connectivity index (χ2n) is 7.64. The minimum absolute atomic E-state index is 0.151. The molecule has 1 aliphatic heterocycles. The quantitative estimate of drug-likeness (QED) is 0.618. The predicted molar refractivity (Wildman–Crippen MR) is 106 cm³/mol. The van der Waals surface area contributed by atoms with Gasteiger partial charge in [-0.05, 0) is 24.3 Å². The van der Waals surface area contributed by atoms with Crippen LogP contribution in [0.15, 0.2) is 30.3 Å². The van der Waals surface area contributed by atoms with Crippen LogP contribution in [-0.4, -0.2) is 54.3 Å². The Bertz CT molecular complexity index is 735. The van der Waals surface area contributed by atoms with Crippen LogP contribution in [0.1, 0.15) is 32.3 Å². The number of piperidine rings is 1. The standard InChI is InChI=1S/C21H29N3O5/c1-14(2)19(23-17(25)11-15-7-4-3-5-8-15)21(28)29-13-18(26)24-10-6-9-16(12-24)20(22)27/h3-5,7-8,14,16,19H,6,9-13H2,1-2H3,(H2,22,27)(H,23,25)/t16-,19-/m0/s1. The molecule has 0 spiro atoms. The molecule has 2 atom stereocenters. The summed E-state index contributed by atoms with van der Waals surface area (Å²) in [6.45, 7) is 3.90. The number of hydrogen-bond donors (Lipinski definition) is 2. The topological polar surface area (TPSA) is 119 Å². The highest BCUT2D eigenvalue weighted by atomic mass is 16.5. The van der Waals surface area contributed by atoms with E-state index in [2.05, 4.69) is 5.32 Å². The van der Waals surface area contributed by atoms with Crippen LogP contribution in [0.5, 0.6) is 0 Å². The molecule has 3 amide bonds. The summed E-state index contributed by atoms with van der Waals surface area (Å²) in [5.41, 5.74) is 6.16. The summed E-state index contributed by atoms with van der Waals surface area (Å²) in [6, 6.07) is 8.36. The molecule has 0 radical (unpaired) electrons. The van der Waals surface area contributed by atoms with Crippen LogP contribution in [0.25, 0.3) is 0 Å². The molecule has 1 aliphatic rings. The number of carbonyl (C=O) groups is 4. The zero-order chi connectivity index (χ0) is 21.4. The van der Waals surface area contributed by atoms with E-state index in [1.54, 1.807) is 13.8 Å². The molecule has 1 heterocycles. The Labute approximate surface area is 170 Å². The van der Waals surface area contributed by atoms with Gasteiger partial charge in [0.15, 0.2) is 6.61 Å². The van der Waals surface area contributed by atoms with Gasteiger partial charge in [0.1, 0.15) is 6.04 Å². The fourth-order valence-corrected chi connectivity index (χ4v) is 3.25. The molecule has 3 N–H and O–H groups in total. The molecule has 29 heavy (non-hydrogen) atoms. The van der Waals surface area contributed by atoms with Crippen molar-refractivity contribution in [3.63, 3.8) is 0 Å². The Balaban J connectivity index is 1.86. The number of primary amides is 1. The maximum atomic E-state index is 12.5. The lowest BCUT2D eigenvalue weighted by Gasteiger charge is -2.31. The summed E-state index contributed by atoms with van der Waals surface area (Å²) in [5, 5.41) is 2.69. The van der Waals surface area contributed by atoms with Crippen LogP contribution in [0.4, 0.5) is 0 Å². The Morgan fingerprint density at radius 3 is 2.52 bits per heavy atom. The first-order chi connectivity index (χ1) is 13.8. The van der Waals surface area contributed by atoms with Crippen molar-refractivity contribution in [3.05, 3.63) is 35.9 Å². The molecule has 0 unspecified atom stereocenters. The summed E-state index contributed by atoms with van der Waals surface area (Å²) in [5.74, 6) is -2.32. The highest BCUT2D eigenvalue weighted by molar-refractivity contribution is 5.87. The third-order valence-corrected chi connectivity index (χ3v) is 4.96. The van der Waals surface area contributed by atoms with Gasteiger partial charge in [-0.3, -0.25) is 14.4 Å². The van der Waals surface area contributed by atoms with Crippen LogP contribution in [0, 0.1) is 11.8 Å². The Hall–Kier alpha value is -2.90. The highest BCUT2D eigenvalue weighted by Crippen LogP contribution is 2.16. The lowest BCUT2D eigenvalue weighted by Crippen LogP contribution is -2.48. The third kappa shape index (κ3) is 6.89. The second-order valence-corrected chi connectivity index (χ2v) is 7.64. The van der Waals surface area contributed by atoms with Gasteiger partial charge in [-0.1, -0.05) is 44.2 Å². The van der Waals surface area contributed by atoms with Crippen LogP contribution < -0.4 is 11.1 Å². The number of nitrogens with two attached hydrogens (primary N) is 1. The van der Waals surface area contributed by atoms with Gasteiger partial charge in [-0.2, -0.15) is 0 Å².